The van der Waals surface area contributed by atoms with Crippen LogP contribution in [0.25, 0.3) is 0 Å². The lowest BCUT2D eigenvalue weighted by atomic mass is 10.1. The number of hydrogen-bond acceptors (Lipinski definition) is 3. The van der Waals surface area contributed by atoms with Crippen molar-refractivity contribution >= 4 is 16.9 Å². The average Bonchev–Trinajstić information content (AvgIpc) is 2.27. The minimum atomic E-state index is -0.518. The molecular weight excluding hydrogens is 220 g/mol. The van der Waals surface area contributed by atoms with Gasteiger partial charge in [0.1, 0.15) is 0 Å². The van der Waals surface area contributed by atoms with Crippen LogP contribution < -0.4 is 0 Å². The molecule has 1 unspecified atom stereocenters. The molecule has 0 radical (unpaired) electrons. The number of carbonyl (C=O) groups is 1. The lowest BCUT2D eigenvalue weighted by Crippen LogP contribution is -2.17. The zero-order chi connectivity index (χ0) is 12.0. The van der Waals surface area contributed by atoms with Crippen molar-refractivity contribution in [2.45, 2.75) is 32.1 Å². The molecular formula is C13H18O2S. The van der Waals surface area contributed by atoms with Gasteiger partial charge in [0.05, 0.1) is 6.10 Å². The predicted octanol–water partition coefficient (Wildman–Crippen LogP) is 2.85. The highest BCUT2D eigenvalue weighted by atomic mass is 32.2. The van der Waals surface area contributed by atoms with Crippen LogP contribution in [0, 0.1) is 5.92 Å². The van der Waals surface area contributed by atoms with E-state index < -0.39 is 6.10 Å². The van der Waals surface area contributed by atoms with E-state index in [0.717, 1.165) is 5.56 Å². The van der Waals surface area contributed by atoms with Crippen molar-refractivity contribution in [2.24, 2.45) is 5.92 Å². The van der Waals surface area contributed by atoms with Crippen LogP contribution in [0.4, 0.5) is 0 Å². The minimum Gasteiger partial charge on any atom is -0.392 e. The third kappa shape index (κ3) is 4.81. The zero-order valence-corrected chi connectivity index (χ0v) is 10.5. The fourth-order valence-electron chi connectivity index (χ4n) is 1.20. The summed E-state index contributed by atoms with van der Waals surface area (Å²) in [6.07, 6.45) is -0.273. The second-order valence-corrected chi connectivity index (χ2v) is 5.19. The van der Waals surface area contributed by atoms with E-state index in [0.29, 0.717) is 5.75 Å². The molecule has 0 aromatic heterocycles. The van der Waals surface area contributed by atoms with E-state index >= 15 is 0 Å². The topological polar surface area (TPSA) is 37.3 Å². The largest absolute Gasteiger partial charge is 0.392 e. The molecule has 1 N–H and O–H groups in total. The van der Waals surface area contributed by atoms with E-state index in [-0.39, 0.29) is 17.5 Å². The number of carbonyl (C=O) groups excluding carboxylic acids is 1. The first-order valence-electron chi connectivity index (χ1n) is 5.47. The number of thioether (sulfide) groups is 1. The van der Waals surface area contributed by atoms with Crippen LogP contribution in [0.3, 0.4) is 0 Å². The summed E-state index contributed by atoms with van der Waals surface area (Å²) < 4.78 is 0. The fraction of sp³-hybridized carbons (Fsp3) is 0.462. The maximum absolute atomic E-state index is 11.5. The van der Waals surface area contributed by atoms with Gasteiger partial charge in [-0.25, -0.2) is 0 Å². The molecule has 16 heavy (non-hydrogen) atoms. The highest BCUT2D eigenvalue weighted by Gasteiger charge is 2.14. The Morgan fingerprint density at radius 2 is 1.94 bits per heavy atom. The smallest absolute Gasteiger partial charge is 0.191 e. The molecule has 0 aliphatic rings. The molecule has 0 amide bonds. The number of aliphatic hydroxyl groups is 1. The van der Waals surface area contributed by atoms with Crippen LogP contribution in [0.15, 0.2) is 30.3 Å². The molecule has 0 spiro atoms. The molecule has 0 bridgehead atoms. The van der Waals surface area contributed by atoms with Crippen LogP contribution in [0.2, 0.25) is 0 Å². The minimum absolute atomic E-state index is 0.0602. The highest BCUT2D eigenvalue weighted by molar-refractivity contribution is 8.12. The Balaban J connectivity index is 2.31. The third-order valence-corrected chi connectivity index (χ3v) is 3.35. The van der Waals surface area contributed by atoms with Crippen LogP contribution in [-0.2, 0) is 10.5 Å². The monoisotopic (exact) mass is 238 g/mol. The number of hydrogen-bond donors (Lipinski definition) is 1. The lowest BCUT2D eigenvalue weighted by Gasteiger charge is -2.12. The highest BCUT2D eigenvalue weighted by Crippen LogP contribution is 2.17. The second kappa shape index (κ2) is 6.71. The third-order valence-electron chi connectivity index (χ3n) is 2.39. The van der Waals surface area contributed by atoms with E-state index in [2.05, 4.69) is 0 Å². The predicted molar refractivity (Wildman–Crippen MR) is 68.2 cm³/mol. The van der Waals surface area contributed by atoms with Crippen molar-refractivity contribution in [1.82, 2.24) is 0 Å². The normalized spacial score (nSPS) is 12.8. The maximum atomic E-state index is 11.5. The molecule has 0 fully saturated rings. The fourth-order valence-corrected chi connectivity index (χ4v) is 2.01. The van der Waals surface area contributed by atoms with Crippen molar-refractivity contribution in [3.8, 4) is 0 Å². The van der Waals surface area contributed by atoms with E-state index in [1.54, 1.807) is 0 Å². The van der Waals surface area contributed by atoms with Crippen LogP contribution in [0.5, 0.6) is 0 Å². The van der Waals surface area contributed by atoms with Gasteiger partial charge in [0.15, 0.2) is 5.12 Å². The summed E-state index contributed by atoms with van der Waals surface area (Å²) in [5, 5.41) is 9.62. The summed E-state index contributed by atoms with van der Waals surface area (Å²) in [5.74, 6) is 0.825. The summed E-state index contributed by atoms with van der Waals surface area (Å²) >= 11 is 1.28. The van der Waals surface area contributed by atoms with Crippen molar-refractivity contribution in [3.63, 3.8) is 0 Å². The van der Waals surface area contributed by atoms with E-state index in [9.17, 15) is 9.90 Å². The van der Waals surface area contributed by atoms with Gasteiger partial charge in [0.2, 0.25) is 0 Å². The Kier molecular flexibility index (Phi) is 5.56. The van der Waals surface area contributed by atoms with Crippen LogP contribution >= 0.6 is 11.8 Å². The van der Waals surface area contributed by atoms with Gasteiger partial charge in [-0.3, -0.25) is 4.79 Å². The number of benzene rings is 1. The molecule has 0 saturated carbocycles. The first kappa shape index (κ1) is 13.3. The van der Waals surface area contributed by atoms with Gasteiger partial charge in [-0.15, -0.1) is 0 Å². The Hall–Kier alpha value is -0.800. The van der Waals surface area contributed by atoms with Gasteiger partial charge >= 0.3 is 0 Å². The second-order valence-electron chi connectivity index (χ2n) is 4.16. The number of aliphatic hydroxyl groups excluding tert-OH is 1. The molecule has 1 aromatic rings. The van der Waals surface area contributed by atoms with Gasteiger partial charge < -0.3 is 5.11 Å². The molecule has 3 heteroatoms. The van der Waals surface area contributed by atoms with Gasteiger partial charge in [-0.2, -0.15) is 0 Å². The Bertz CT molecular complexity index is 322. The van der Waals surface area contributed by atoms with Gasteiger partial charge in [0, 0.05) is 12.2 Å². The molecule has 1 rings (SSSR count). The first-order valence-corrected chi connectivity index (χ1v) is 6.45. The van der Waals surface area contributed by atoms with Crippen molar-refractivity contribution < 1.29 is 9.90 Å². The molecule has 88 valence electrons. The molecule has 1 atom stereocenters. The zero-order valence-electron chi connectivity index (χ0n) is 9.72. The number of rotatable bonds is 5. The molecule has 1 aromatic carbocycles. The van der Waals surface area contributed by atoms with E-state index in [1.165, 1.54) is 11.8 Å². The van der Waals surface area contributed by atoms with Gasteiger partial charge in [-0.05, 0) is 11.5 Å². The van der Waals surface area contributed by atoms with Gasteiger partial charge in [-0.1, -0.05) is 55.9 Å². The van der Waals surface area contributed by atoms with E-state index in [1.807, 2.05) is 44.2 Å². The summed E-state index contributed by atoms with van der Waals surface area (Å²) in [6.45, 7) is 3.83. The standard InChI is InChI=1S/C13H18O2S/c1-10(2)12(14)8-13(15)16-9-11-6-4-3-5-7-11/h3-7,10,12,14H,8-9H2,1-2H3. The van der Waals surface area contributed by atoms with Gasteiger partial charge in [0.25, 0.3) is 0 Å². The molecule has 0 aliphatic carbocycles. The molecule has 0 heterocycles. The summed E-state index contributed by atoms with van der Waals surface area (Å²) in [7, 11) is 0. The average molecular weight is 238 g/mol. The lowest BCUT2D eigenvalue weighted by molar-refractivity contribution is -0.113. The first-order chi connectivity index (χ1) is 7.59. The van der Waals surface area contributed by atoms with Crippen molar-refractivity contribution in [2.75, 3.05) is 0 Å². The molecule has 2 nitrogen and oxygen atoms in total. The van der Waals surface area contributed by atoms with Crippen molar-refractivity contribution in [3.05, 3.63) is 35.9 Å². The summed E-state index contributed by atoms with van der Waals surface area (Å²) in [6, 6.07) is 9.88. The van der Waals surface area contributed by atoms with Crippen LogP contribution in [-0.4, -0.2) is 16.3 Å². The molecule has 0 saturated heterocycles. The maximum Gasteiger partial charge on any atom is 0.191 e. The summed E-state index contributed by atoms with van der Waals surface area (Å²) in [5.41, 5.74) is 1.14. The quantitative estimate of drug-likeness (QED) is 0.857. The Labute approximate surface area is 101 Å². The SMILES string of the molecule is CC(C)C(O)CC(=O)SCc1ccccc1. The Morgan fingerprint density at radius 1 is 1.31 bits per heavy atom. The van der Waals surface area contributed by atoms with Crippen molar-refractivity contribution in [1.29, 1.82) is 0 Å². The van der Waals surface area contributed by atoms with E-state index in [4.69, 9.17) is 0 Å². The summed E-state index contributed by atoms with van der Waals surface area (Å²) in [4.78, 5) is 11.5. The van der Waals surface area contributed by atoms with Crippen LogP contribution in [0.1, 0.15) is 25.8 Å². The Morgan fingerprint density at radius 3 is 2.50 bits per heavy atom. The molecule has 0 aliphatic heterocycles.